The standard InChI is InChI=1S/C25H25N3O4/c1-17-11-12-22-20(15-17)28(25(30)19-8-5-13-26-24(19)32-22)14-6-10-23(29)27-16-18-7-3-4-9-21(18)31-2/h3-5,7-9,11-13,15H,6,10,14,16H2,1-2H3,(H,27,29). The molecule has 0 radical (unpaired) electrons. The molecule has 32 heavy (non-hydrogen) atoms. The van der Waals surface area contributed by atoms with Crippen LogP contribution in [0.2, 0.25) is 0 Å². The number of carbonyl (C=O) groups is 2. The molecule has 1 N–H and O–H groups in total. The molecule has 7 heteroatoms. The molecule has 1 aliphatic heterocycles. The quantitative estimate of drug-likeness (QED) is 0.605. The number of fused-ring (bicyclic) bond motifs is 2. The Morgan fingerprint density at radius 3 is 2.84 bits per heavy atom. The zero-order chi connectivity index (χ0) is 22.5. The van der Waals surface area contributed by atoms with E-state index in [0.717, 1.165) is 16.9 Å². The first-order chi connectivity index (χ1) is 15.6. The lowest BCUT2D eigenvalue weighted by Gasteiger charge is -2.22. The molecule has 0 aliphatic carbocycles. The van der Waals surface area contributed by atoms with E-state index < -0.39 is 0 Å². The van der Waals surface area contributed by atoms with E-state index in [1.165, 1.54) is 0 Å². The van der Waals surface area contributed by atoms with Crippen molar-refractivity contribution in [3.05, 3.63) is 77.5 Å². The lowest BCUT2D eigenvalue weighted by atomic mass is 10.1. The van der Waals surface area contributed by atoms with Crippen LogP contribution in [0.3, 0.4) is 0 Å². The molecule has 2 heterocycles. The molecule has 2 amide bonds. The van der Waals surface area contributed by atoms with Gasteiger partial charge >= 0.3 is 0 Å². The highest BCUT2D eigenvalue weighted by Crippen LogP contribution is 2.38. The summed E-state index contributed by atoms with van der Waals surface area (Å²) in [6, 6.07) is 16.7. The van der Waals surface area contributed by atoms with Gasteiger partial charge in [-0.25, -0.2) is 4.98 Å². The molecule has 164 valence electrons. The summed E-state index contributed by atoms with van der Waals surface area (Å²) in [7, 11) is 1.61. The Kier molecular flexibility index (Phi) is 6.35. The monoisotopic (exact) mass is 431 g/mol. The summed E-state index contributed by atoms with van der Waals surface area (Å²) in [5.41, 5.74) is 3.01. The van der Waals surface area contributed by atoms with Gasteiger partial charge in [-0.1, -0.05) is 24.3 Å². The second-order valence-electron chi connectivity index (χ2n) is 7.58. The number of aryl methyl sites for hydroxylation is 1. The van der Waals surface area contributed by atoms with E-state index in [1.807, 2.05) is 49.4 Å². The number of rotatable bonds is 7. The van der Waals surface area contributed by atoms with Crippen LogP contribution in [-0.4, -0.2) is 30.5 Å². The highest BCUT2D eigenvalue weighted by atomic mass is 16.5. The Balaban J connectivity index is 1.43. The van der Waals surface area contributed by atoms with Gasteiger partial charge < -0.3 is 19.7 Å². The topological polar surface area (TPSA) is 80.8 Å². The number of ether oxygens (including phenoxy) is 2. The third kappa shape index (κ3) is 4.56. The van der Waals surface area contributed by atoms with Gasteiger partial charge in [0.1, 0.15) is 11.3 Å². The van der Waals surface area contributed by atoms with Crippen LogP contribution in [0.15, 0.2) is 60.8 Å². The summed E-state index contributed by atoms with van der Waals surface area (Å²) in [6.07, 6.45) is 2.40. The first-order valence-electron chi connectivity index (χ1n) is 10.5. The number of para-hydroxylation sites is 1. The minimum Gasteiger partial charge on any atom is -0.496 e. The predicted octanol–water partition coefficient (Wildman–Crippen LogP) is 4.25. The third-order valence-corrected chi connectivity index (χ3v) is 5.31. The van der Waals surface area contributed by atoms with Gasteiger partial charge in [0.05, 0.1) is 12.8 Å². The first-order valence-corrected chi connectivity index (χ1v) is 10.5. The van der Waals surface area contributed by atoms with Crippen LogP contribution in [0.1, 0.15) is 34.3 Å². The lowest BCUT2D eigenvalue weighted by Crippen LogP contribution is -2.32. The second kappa shape index (κ2) is 9.51. The van der Waals surface area contributed by atoms with Gasteiger partial charge in [0.2, 0.25) is 11.8 Å². The van der Waals surface area contributed by atoms with Crippen LogP contribution in [0.4, 0.5) is 5.69 Å². The molecule has 7 nitrogen and oxygen atoms in total. The van der Waals surface area contributed by atoms with Gasteiger partial charge in [0.25, 0.3) is 5.91 Å². The number of nitrogens with zero attached hydrogens (tertiary/aromatic N) is 2. The Hall–Kier alpha value is -3.87. The number of benzene rings is 2. The van der Waals surface area contributed by atoms with Crippen LogP contribution < -0.4 is 19.7 Å². The fourth-order valence-electron chi connectivity index (χ4n) is 3.67. The van der Waals surface area contributed by atoms with Gasteiger partial charge in [0, 0.05) is 31.3 Å². The van der Waals surface area contributed by atoms with Crippen molar-refractivity contribution < 1.29 is 19.1 Å². The maximum atomic E-state index is 13.3. The fraction of sp³-hybridized carbons (Fsp3) is 0.240. The zero-order valence-electron chi connectivity index (χ0n) is 18.1. The molecule has 1 aliphatic rings. The van der Waals surface area contributed by atoms with Crippen LogP contribution in [-0.2, 0) is 11.3 Å². The largest absolute Gasteiger partial charge is 0.496 e. The van der Waals surface area contributed by atoms with E-state index in [9.17, 15) is 9.59 Å². The van der Waals surface area contributed by atoms with Crippen LogP contribution in [0, 0.1) is 6.92 Å². The molecule has 0 atom stereocenters. The molecule has 0 saturated heterocycles. The second-order valence-corrected chi connectivity index (χ2v) is 7.58. The van der Waals surface area contributed by atoms with E-state index in [0.29, 0.717) is 48.8 Å². The van der Waals surface area contributed by atoms with Crippen LogP contribution in [0.5, 0.6) is 17.4 Å². The number of nitrogens with one attached hydrogen (secondary N) is 1. The minimum atomic E-state index is -0.188. The average molecular weight is 431 g/mol. The Labute approximate surface area is 187 Å². The lowest BCUT2D eigenvalue weighted by molar-refractivity contribution is -0.121. The van der Waals surface area contributed by atoms with E-state index in [2.05, 4.69) is 10.3 Å². The summed E-state index contributed by atoms with van der Waals surface area (Å²) < 4.78 is 11.3. The summed E-state index contributed by atoms with van der Waals surface area (Å²) in [5, 5.41) is 2.92. The minimum absolute atomic E-state index is 0.0824. The van der Waals surface area contributed by atoms with Gasteiger partial charge in [-0.2, -0.15) is 0 Å². The van der Waals surface area contributed by atoms with Gasteiger partial charge in [-0.15, -0.1) is 0 Å². The molecule has 3 aromatic rings. The van der Waals surface area contributed by atoms with Gasteiger partial charge in [0.15, 0.2) is 5.75 Å². The highest BCUT2D eigenvalue weighted by Gasteiger charge is 2.28. The van der Waals surface area contributed by atoms with Crippen molar-refractivity contribution in [2.24, 2.45) is 0 Å². The van der Waals surface area contributed by atoms with E-state index >= 15 is 0 Å². The van der Waals surface area contributed by atoms with E-state index in [4.69, 9.17) is 9.47 Å². The predicted molar refractivity (Wildman–Crippen MR) is 121 cm³/mol. The Morgan fingerprint density at radius 1 is 1.16 bits per heavy atom. The smallest absolute Gasteiger partial charge is 0.263 e. The molecular weight excluding hydrogens is 406 g/mol. The molecule has 1 aromatic heterocycles. The molecule has 0 bridgehead atoms. The third-order valence-electron chi connectivity index (χ3n) is 5.31. The number of hydrogen-bond donors (Lipinski definition) is 1. The molecule has 2 aromatic carbocycles. The van der Waals surface area contributed by atoms with Gasteiger partial charge in [-0.3, -0.25) is 9.59 Å². The summed E-state index contributed by atoms with van der Waals surface area (Å²) in [6.45, 7) is 2.74. The number of carbonyl (C=O) groups excluding carboxylic acids is 2. The number of aromatic nitrogens is 1. The number of pyridine rings is 1. The molecule has 0 fully saturated rings. The molecule has 4 rings (SSSR count). The van der Waals surface area contributed by atoms with Crippen molar-refractivity contribution in [2.75, 3.05) is 18.6 Å². The van der Waals surface area contributed by atoms with Crippen molar-refractivity contribution >= 4 is 17.5 Å². The normalized spacial score (nSPS) is 12.3. The van der Waals surface area contributed by atoms with Crippen molar-refractivity contribution in [1.82, 2.24) is 10.3 Å². The SMILES string of the molecule is COc1ccccc1CNC(=O)CCCN1C(=O)c2cccnc2Oc2ccc(C)cc21. The Bertz CT molecular complexity index is 1150. The Morgan fingerprint density at radius 2 is 2.00 bits per heavy atom. The van der Waals surface area contributed by atoms with Crippen molar-refractivity contribution in [1.29, 1.82) is 0 Å². The molecule has 0 spiro atoms. The number of anilines is 1. The van der Waals surface area contributed by atoms with Crippen molar-refractivity contribution in [3.63, 3.8) is 0 Å². The fourth-order valence-corrected chi connectivity index (χ4v) is 3.67. The van der Waals surface area contributed by atoms with Crippen LogP contribution >= 0.6 is 0 Å². The average Bonchev–Trinajstić information content (AvgIpc) is 2.92. The summed E-state index contributed by atoms with van der Waals surface area (Å²) in [4.78, 5) is 31.6. The molecule has 0 unspecified atom stereocenters. The molecule has 0 saturated carbocycles. The van der Waals surface area contributed by atoms with Crippen molar-refractivity contribution in [3.8, 4) is 17.4 Å². The molecular formula is C25H25N3O4. The maximum absolute atomic E-state index is 13.3. The summed E-state index contributed by atoms with van der Waals surface area (Å²) in [5.74, 6) is 1.33. The van der Waals surface area contributed by atoms with E-state index in [-0.39, 0.29) is 11.8 Å². The van der Waals surface area contributed by atoms with Crippen LogP contribution in [0.25, 0.3) is 0 Å². The zero-order valence-corrected chi connectivity index (χ0v) is 18.1. The van der Waals surface area contributed by atoms with Gasteiger partial charge in [-0.05, 0) is 49.2 Å². The number of amides is 2. The maximum Gasteiger partial charge on any atom is 0.263 e. The number of methoxy groups -OCH3 is 1. The van der Waals surface area contributed by atoms with Crippen molar-refractivity contribution in [2.45, 2.75) is 26.3 Å². The number of hydrogen-bond acceptors (Lipinski definition) is 5. The summed E-state index contributed by atoms with van der Waals surface area (Å²) >= 11 is 0. The first kappa shape index (κ1) is 21.4. The highest BCUT2D eigenvalue weighted by molar-refractivity contribution is 6.09. The van der Waals surface area contributed by atoms with E-state index in [1.54, 1.807) is 30.3 Å².